The number of likely N-dealkylation sites (N-methyl/N-ethyl adjacent to an activating group) is 1. The summed E-state index contributed by atoms with van der Waals surface area (Å²) in [6.45, 7) is 7.96. The van der Waals surface area contributed by atoms with Gasteiger partial charge in [0.2, 0.25) is 0 Å². The van der Waals surface area contributed by atoms with Crippen molar-refractivity contribution in [3.63, 3.8) is 0 Å². The van der Waals surface area contributed by atoms with Crippen LogP contribution >= 0.6 is 0 Å². The first-order valence-electron chi connectivity index (χ1n) is 6.90. The Labute approximate surface area is 114 Å². The highest BCUT2D eigenvalue weighted by Crippen LogP contribution is 2.19. The van der Waals surface area contributed by atoms with E-state index >= 15 is 0 Å². The Morgan fingerprint density at radius 2 is 2.26 bits per heavy atom. The second kappa shape index (κ2) is 6.02. The number of hydrogen-bond donors (Lipinski definition) is 1. The van der Waals surface area contributed by atoms with Crippen molar-refractivity contribution >= 4 is 11.6 Å². The zero-order valence-corrected chi connectivity index (χ0v) is 11.7. The first kappa shape index (κ1) is 13.8. The molecule has 1 aromatic rings. The van der Waals surface area contributed by atoms with Crippen molar-refractivity contribution in [2.45, 2.75) is 26.3 Å². The van der Waals surface area contributed by atoms with Crippen LogP contribution in [0.15, 0.2) is 18.5 Å². The van der Waals surface area contributed by atoms with Crippen LogP contribution in [0.1, 0.15) is 30.6 Å². The van der Waals surface area contributed by atoms with Crippen molar-refractivity contribution in [1.82, 2.24) is 14.8 Å². The first-order chi connectivity index (χ1) is 9.17. The number of anilines is 1. The minimum atomic E-state index is 0.000237. The van der Waals surface area contributed by atoms with Crippen LogP contribution in [-0.4, -0.2) is 52.9 Å². The molecule has 2 N–H and O–H groups in total. The monoisotopic (exact) mass is 262 g/mol. The highest BCUT2D eigenvalue weighted by molar-refractivity contribution is 5.98. The van der Waals surface area contributed by atoms with E-state index in [1.165, 1.54) is 0 Å². The Bertz CT molecular complexity index is 445. The third-order valence-electron chi connectivity index (χ3n) is 3.86. The highest BCUT2D eigenvalue weighted by atomic mass is 16.2. The molecule has 5 nitrogen and oxygen atoms in total. The maximum atomic E-state index is 12.4. The van der Waals surface area contributed by atoms with Crippen molar-refractivity contribution in [2.75, 3.05) is 31.9 Å². The van der Waals surface area contributed by atoms with Crippen LogP contribution in [0.25, 0.3) is 0 Å². The molecule has 2 heterocycles. The van der Waals surface area contributed by atoms with Gasteiger partial charge in [0.25, 0.3) is 5.91 Å². The van der Waals surface area contributed by atoms with Gasteiger partial charge in [0.05, 0.1) is 5.56 Å². The summed E-state index contributed by atoms with van der Waals surface area (Å²) in [5, 5.41) is 0. The number of carbonyl (C=O) groups is 1. The third-order valence-corrected chi connectivity index (χ3v) is 3.86. The molecule has 1 unspecified atom stereocenters. The molecule has 0 aliphatic carbocycles. The molecule has 1 fully saturated rings. The minimum Gasteiger partial charge on any atom is -0.398 e. The smallest absolute Gasteiger partial charge is 0.257 e. The van der Waals surface area contributed by atoms with E-state index in [9.17, 15) is 4.79 Å². The predicted molar refractivity (Wildman–Crippen MR) is 75.9 cm³/mol. The van der Waals surface area contributed by atoms with Gasteiger partial charge in [0.1, 0.15) is 0 Å². The molecule has 2 rings (SSSR count). The van der Waals surface area contributed by atoms with E-state index in [2.05, 4.69) is 23.7 Å². The fourth-order valence-corrected chi connectivity index (χ4v) is 2.72. The van der Waals surface area contributed by atoms with Crippen LogP contribution in [0.4, 0.5) is 5.69 Å². The van der Waals surface area contributed by atoms with Gasteiger partial charge in [-0.05, 0) is 25.6 Å². The van der Waals surface area contributed by atoms with E-state index in [0.29, 0.717) is 17.3 Å². The Balaban J connectivity index is 2.05. The lowest BCUT2D eigenvalue weighted by Gasteiger charge is -2.26. The fourth-order valence-electron chi connectivity index (χ4n) is 2.72. The van der Waals surface area contributed by atoms with Crippen LogP contribution < -0.4 is 5.73 Å². The number of nitrogens with zero attached hydrogens (tertiary/aromatic N) is 3. The molecular weight excluding hydrogens is 240 g/mol. The van der Waals surface area contributed by atoms with E-state index < -0.39 is 0 Å². The first-order valence-corrected chi connectivity index (χ1v) is 6.90. The molecular formula is C14H22N4O. The number of likely N-dealkylation sites (tertiary alicyclic amines) is 1. The van der Waals surface area contributed by atoms with Crippen molar-refractivity contribution in [3.05, 3.63) is 24.0 Å². The number of pyridine rings is 1. The summed E-state index contributed by atoms with van der Waals surface area (Å²) in [7, 11) is 0. The highest BCUT2D eigenvalue weighted by Gasteiger charge is 2.30. The van der Waals surface area contributed by atoms with Crippen molar-refractivity contribution in [2.24, 2.45) is 0 Å². The molecule has 1 atom stereocenters. The van der Waals surface area contributed by atoms with Gasteiger partial charge in [-0.3, -0.25) is 14.7 Å². The molecule has 0 spiro atoms. The van der Waals surface area contributed by atoms with Crippen LogP contribution in [-0.2, 0) is 0 Å². The maximum absolute atomic E-state index is 12.4. The standard InChI is InChI=1S/C14H22N4O/c1-3-17(4-2)11-6-8-18(10-11)14(19)12-9-16-7-5-13(12)15/h5,7,9,11H,3-4,6,8,10H2,1-2H3,(H2,15,16). The second-order valence-corrected chi connectivity index (χ2v) is 4.88. The molecule has 1 aliphatic rings. The summed E-state index contributed by atoms with van der Waals surface area (Å²) in [6.07, 6.45) is 4.20. The number of nitrogen functional groups attached to an aromatic ring is 1. The molecule has 19 heavy (non-hydrogen) atoms. The van der Waals surface area contributed by atoms with Crippen LogP contribution in [0.2, 0.25) is 0 Å². The minimum absolute atomic E-state index is 0.000237. The average Bonchev–Trinajstić information content (AvgIpc) is 2.90. The Morgan fingerprint density at radius 1 is 1.53 bits per heavy atom. The van der Waals surface area contributed by atoms with Crippen LogP contribution in [0.5, 0.6) is 0 Å². The Morgan fingerprint density at radius 3 is 2.89 bits per heavy atom. The molecule has 1 saturated heterocycles. The van der Waals surface area contributed by atoms with Crippen molar-refractivity contribution in [1.29, 1.82) is 0 Å². The lowest BCUT2D eigenvalue weighted by Crippen LogP contribution is -2.38. The molecule has 1 amide bonds. The molecule has 0 saturated carbocycles. The Kier molecular flexibility index (Phi) is 4.37. The van der Waals surface area contributed by atoms with Crippen molar-refractivity contribution in [3.8, 4) is 0 Å². The average molecular weight is 262 g/mol. The van der Waals surface area contributed by atoms with Gasteiger partial charge in [-0.2, -0.15) is 0 Å². The molecule has 0 aromatic carbocycles. The molecule has 1 aliphatic heterocycles. The number of amides is 1. The van der Waals surface area contributed by atoms with E-state index in [-0.39, 0.29) is 5.91 Å². The summed E-state index contributed by atoms with van der Waals surface area (Å²) in [4.78, 5) is 20.7. The molecule has 104 valence electrons. The SMILES string of the molecule is CCN(CC)C1CCN(C(=O)c2cnccc2N)C1. The van der Waals surface area contributed by atoms with Gasteiger partial charge in [0.15, 0.2) is 0 Å². The van der Waals surface area contributed by atoms with E-state index in [1.807, 2.05) is 4.90 Å². The normalized spacial score (nSPS) is 19.1. The lowest BCUT2D eigenvalue weighted by molar-refractivity contribution is 0.0778. The Hall–Kier alpha value is -1.62. The van der Waals surface area contributed by atoms with Gasteiger partial charge >= 0.3 is 0 Å². The summed E-state index contributed by atoms with van der Waals surface area (Å²) in [5.74, 6) is 0.000237. The molecule has 0 bridgehead atoms. The largest absolute Gasteiger partial charge is 0.398 e. The van der Waals surface area contributed by atoms with Crippen molar-refractivity contribution < 1.29 is 4.79 Å². The third kappa shape index (κ3) is 2.87. The fraction of sp³-hybridized carbons (Fsp3) is 0.571. The lowest BCUT2D eigenvalue weighted by atomic mass is 10.2. The molecule has 0 radical (unpaired) electrons. The topological polar surface area (TPSA) is 62.5 Å². The van der Waals surface area contributed by atoms with Gasteiger partial charge in [-0.1, -0.05) is 13.8 Å². The van der Waals surface area contributed by atoms with Gasteiger partial charge in [-0.15, -0.1) is 0 Å². The predicted octanol–water partition coefficient (Wildman–Crippen LogP) is 1.22. The number of carbonyl (C=O) groups excluding carboxylic acids is 1. The van der Waals surface area contributed by atoms with Gasteiger partial charge in [0, 0.05) is 37.2 Å². The van der Waals surface area contributed by atoms with Crippen LogP contribution in [0.3, 0.4) is 0 Å². The zero-order chi connectivity index (χ0) is 13.8. The molecule has 5 heteroatoms. The van der Waals surface area contributed by atoms with E-state index in [4.69, 9.17) is 5.73 Å². The van der Waals surface area contributed by atoms with Gasteiger partial charge < -0.3 is 10.6 Å². The number of nitrogens with two attached hydrogens (primary N) is 1. The summed E-state index contributed by atoms with van der Waals surface area (Å²) < 4.78 is 0. The second-order valence-electron chi connectivity index (χ2n) is 4.88. The number of hydrogen-bond acceptors (Lipinski definition) is 4. The maximum Gasteiger partial charge on any atom is 0.257 e. The van der Waals surface area contributed by atoms with E-state index in [0.717, 1.165) is 32.6 Å². The van der Waals surface area contributed by atoms with E-state index in [1.54, 1.807) is 18.5 Å². The molecule has 1 aromatic heterocycles. The number of rotatable bonds is 4. The summed E-state index contributed by atoms with van der Waals surface area (Å²) in [5.41, 5.74) is 6.86. The van der Waals surface area contributed by atoms with Crippen LogP contribution in [0, 0.1) is 0 Å². The summed E-state index contributed by atoms with van der Waals surface area (Å²) in [6, 6.07) is 2.14. The van der Waals surface area contributed by atoms with Gasteiger partial charge in [-0.25, -0.2) is 0 Å². The zero-order valence-electron chi connectivity index (χ0n) is 11.7. The quantitative estimate of drug-likeness (QED) is 0.886. The number of aromatic nitrogens is 1. The summed E-state index contributed by atoms with van der Waals surface area (Å²) >= 11 is 0.